The average Bonchev–Trinajstić information content (AvgIpc) is 2.65. The monoisotopic (exact) mass is 283 g/mol. The Hall–Kier alpha value is -1.07. The highest BCUT2D eigenvalue weighted by Crippen LogP contribution is 2.30. The van der Waals surface area contributed by atoms with Crippen molar-refractivity contribution in [1.29, 1.82) is 0 Å². The Balaban J connectivity index is 2.35. The lowest BCUT2D eigenvalue weighted by Crippen LogP contribution is -2.03. The molecule has 0 spiro atoms. The number of nitrogens with zero attached hydrogens (tertiary/aromatic N) is 1. The van der Waals surface area contributed by atoms with Gasteiger partial charge in [-0.1, -0.05) is 22.5 Å². The van der Waals surface area contributed by atoms with Crippen LogP contribution in [0.25, 0.3) is 10.2 Å². The highest BCUT2D eigenvalue weighted by Gasteiger charge is 2.05. The number of nitrogen functional groups attached to an aromatic ring is 1. The molecule has 3 nitrogen and oxygen atoms in total. The molecule has 0 saturated heterocycles. The summed E-state index contributed by atoms with van der Waals surface area (Å²) in [4.78, 5) is 4.23. The minimum atomic E-state index is 0.653. The number of rotatable bonds is 3. The van der Waals surface area contributed by atoms with Crippen LogP contribution in [0.2, 0.25) is 0 Å². The summed E-state index contributed by atoms with van der Waals surface area (Å²) >= 11 is 4.88. The molecule has 0 unspecified atom stereocenters. The van der Waals surface area contributed by atoms with Crippen molar-refractivity contribution in [2.24, 2.45) is 0 Å². The van der Waals surface area contributed by atoms with Gasteiger partial charge in [0.05, 0.1) is 21.6 Å². The topological polar surface area (TPSA) is 50.9 Å². The summed E-state index contributed by atoms with van der Waals surface area (Å²) in [5.74, 6) is 0. The summed E-state index contributed by atoms with van der Waals surface area (Å²) in [6.45, 7) is 4.40. The minimum Gasteiger partial charge on any atom is -0.395 e. The molecular weight excluding hydrogens is 274 g/mol. The van der Waals surface area contributed by atoms with E-state index in [-0.39, 0.29) is 0 Å². The maximum atomic E-state index is 5.99. The number of nitrogens with one attached hydrogen (secondary N) is 1. The second-order valence-corrected chi connectivity index (χ2v) is 5.10. The quantitative estimate of drug-likeness (QED) is 0.851. The van der Waals surface area contributed by atoms with E-state index in [1.807, 2.05) is 12.1 Å². The van der Waals surface area contributed by atoms with Gasteiger partial charge in [0.15, 0.2) is 0 Å². The van der Waals surface area contributed by atoms with Gasteiger partial charge >= 0.3 is 0 Å². The molecule has 2 aromatic rings. The van der Waals surface area contributed by atoms with Gasteiger partial charge in [0.2, 0.25) is 0 Å². The molecule has 0 aliphatic carbocycles. The first-order chi connectivity index (χ1) is 7.18. The van der Waals surface area contributed by atoms with Gasteiger partial charge in [-0.15, -0.1) is 11.3 Å². The Kier molecular flexibility index (Phi) is 2.93. The smallest absolute Gasteiger partial charge is 0.106 e. The van der Waals surface area contributed by atoms with Crippen LogP contribution in [0.5, 0.6) is 0 Å². The van der Waals surface area contributed by atoms with Gasteiger partial charge in [0.1, 0.15) is 5.52 Å². The lowest BCUT2D eigenvalue weighted by Gasteiger charge is -2.08. The van der Waals surface area contributed by atoms with Gasteiger partial charge in [-0.2, -0.15) is 0 Å². The fraction of sp³-hybridized carbons (Fsp3) is 0.100. The molecule has 0 bridgehead atoms. The van der Waals surface area contributed by atoms with E-state index in [0.717, 1.165) is 20.4 Å². The number of hydrogen-bond donors (Lipinski definition) is 2. The molecule has 1 aromatic carbocycles. The predicted octanol–water partition coefficient (Wildman–Crippen LogP) is 3.20. The van der Waals surface area contributed by atoms with E-state index >= 15 is 0 Å². The van der Waals surface area contributed by atoms with Crippen LogP contribution in [0.3, 0.4) is 0 Å². The van der Waals surface area contributed by atoms with Crippen molar-refractivity contribution in [1.82, 2.24) is 4.98 Å². The van der Waals surface area contributed by atoms with Crippen LogP contribution >= 0.6 is 27.3 Å². The van der Waals surface area contributed by atoms with E-state index in [4.69, 9.17) is 5.73 Å². The number of aromatic nitrogens is 1. The average molecular weight is 284 g/mol. The highest BCUT2D eigenvalue weighted by molar-refractivity contribution is 9.11. The van der Waals surface area contributed by atoms with E-state index in [0.29, 0.717) is 12.2 Å². The van der Waals surface area contributed by atoms with Crippen molar-refractivity contribution in [2.75, 3.05) is 17.6 Å². The molecule has 0 radical (unpaired) electrons. The minimum absolute atomic E-state index is 0.653. The van der Waals surface area contributed by atoms with Crippen LogP contribution in [0.1, 0.15) is 0 Å². The van der Waals surface area contributed by atoms with Gasteiger partial charge < -0.3 is 11.1 Å². The van der Waals surface area contributed by atoms with E-state index in [9.17, 15) is 0 Å². The Morgan fingerprint density at radius 1 is 1.60 bits per heavy atom. The molecule has 1 aromatic heterocycles. The lowest BCUT2D eigenvalue weighted by molar-refractivity contribution is 1.33. The number of hydrogen-bond acceptors (Lipinski definition) is 4. The lowest BCUT2D eigenvalue weighted by atomic mass is 10.2. The van der Waals surface area contributed by atoms with Crippen LogP contribution in [0.4, 0.5) is 11.4 Å². The molecule has 0 fully saturated rings. The van der Waals surface area contributed by atoms with Gasteiger partial charge in [-0.05, 0) is 12.1 Å². The summed E-state index contributed by atoms with van der Waals surface area (Å²) in [6.07, 6.45) is 0. The summed E-state index contributed by atoms with van der Waals surface area (Å²) in [6, 6.07) is 3.98. The van der Waals surface area contributed by atoms with Crippen molar-refractivity contribution in [3.8, 4) is 0 Å². The molecule has 2 rings (SSSR count). The van der Waals surface area contributed by atoms with Gasteiger partial charge in [-0.3, -0.25) is 0 Å². The highest BCUT2D eigenvalue weighted by atomic mass is 79.9. The van der Waals surface area contributed by atoms with Crippen molar-refractivity contribution in [3.05, 3.63) is 28.7 Å². The molecule has 0 amide bonds. The number of fused-ring (bicyclic) bond motifs is 1. The molecular formula is C10H10BrN3S. The van der Waals surface area contributed by atoms with E-state index in [1.54, 1.807) is 16.8 Å². The van der Waals surface area contributed by atoms with Crippen molar-refractivity contribution >= 4 is 48.9 Å². The standard InChI is InChI=1S/C10H10BrN3S/c1-6(11)4-13-7-2-3-8-10(9(7)12)14-5-15-8/h2-3,5,13H,1,4,12H2. The Bertz CT molecular complexity index is 506. The van der Waals surface area contributed by atoms with E-state index < -0.39 is 0 Å². The number of thiazole rings is 1. The van der Waals surface area contributed by atoms with Crippen molar-refractivity contribution in [2.45, 2.75) is 0 Å². The van der Waals surface area contributed by atoms with Crippen LogP contribution in [-0.2, 0) is 0 Å². The van der Waals surface area contributed by atoms with E-state index in [1.165, 1.54) is 0 Å². The maximum absolute atomic E-state index is 5.99. The molecule has 78 valence electrons. The Labute approximate surface area is 100 Å². The molecule has 15 heavy (non-hydrogen) atoms. The summed E-state index contributed by atoms with van der Waals surface area (Å²) in [5.41, 5.74) is 10.2. The Morgan fingerprint density at radius 2 is 2.40 bits per heavy atom. The third kappa shape index (κ3) is 2.13. The first-order valence-corrected chi connectivity index (χ1v) is 6.04. The van der Waals surface area contributed by atoms with Crippen LogP contribution in [-0.4, -0.2) is 11.5 Å². The molecule has 0 saturated carbocycles. The Morgan fingerprint density at radius 3 is 3.13 bits per heavy atom. The molecule has 5 heteroatoms. The summed E-state index contributed by atoms with van der Waals surface area (Å²) in [5, 5.41) is 3.19. The number of anilines is 2. The molecule has 0 aliphatic heterocycles. The van der Waals surface area contributed by atoms with E-state index in [2.05, 4.69) is 32.8 Å². The van der Waals surface area contributed by atoms with Crippen LogP contribution in [0, 0.1) is 0 Å². The normalized spacial score (nSPS) is 10.5. The zero-order valence-corrected chi connectivity index (χ0v) is 10.4. The van der Waals surface area contributed by atoms with Gasteiger partial charge in [0, 0.05) is 11.0 Å². The fourth-order valence-electron chi connectivity index (χ4n) is 1.30. The summed E-state index contributed by atoms with van der Waals surface area (Å²) in [7, 11) is 0. The van der Waals surface area contributed by atoms with Crippen LogP contribution < -0.4 is 11.1 Å². The second kappa shape index (κ2) is 4.20. The molecule has 0 atom stereocenters. The number of halogens is 1. The van der Waals surface area contributed by atoms with Crippen molar-refractivity contribution < 1.29 is 0 Å². The maximum Gasteiger partial charge on any atom is 0.106 e. The second-order valence-electron chi connectivity index (χ2n) is 3.10. The fourth-order valence-corrected chi connectivity index (χ4v) is 2.13. The number of nitrogens with two attached hydrogens (primary N) is 1. The van der Waals surface area contributed by atoms with Crippen LogP contribution in [0.15, 0.2) is 28.7 Å². The third-order valence-electron chi connectivity index (χ3n) is 2.01. The molecule has 3 N–H and O–H groups in total. The zero-order chi connectivity index (χ0) is 10.8. The molecule has 1 heterocycles. The van der Waals surface area contributed by atoms with Gasteiger partial charge in [0.25, 0.3) is 0 Å². The molecule has 0 aliphatic rings. The largest absolute Gasteiger partial charge is 0.395 e. The SMILES string of the molecule is C=C(Br)CNc1ccc2scnc2c1N. The third-order valence-corrected chi connectivity index (χ3v) is 3.09. The summed E-state index contributed by atoms with van der Waals surface area (Å²) < 4.78 is 2.00. The predicted molar refractivity (Wildman–Crippen MR) is 70.6 cm³/mol. The number of benzene rings is 1. The van der Waals surface area contributed by atoms with Crippen molar-refractivity contribution in [3.63, 3.8) is 0 Å². The zero-order valence-electron chi connectivity index (χ0n) is 7.96. The first-order valence-electron chi connectivity index (χ1n) is 4.37. The first kappa shape index (κ1) is 10.4. The van der Waals surface area contributed by atoms with Gasteiger partial charge in [-0.25, -0.2) is 4.98 Å².